The first-order valence-corrected chi connectivity index (χ1v) is 6.58. The van der Waals surface area contributed by atoms with Gasteiger partial charge in [-0.05, 0) is 31.6 Å². The molecule has 1 aromatic carbocycles. The number of benzene rings is 1. The van der Waals surface area contributed by atoms with E-state index in [4.69, 9.17) is 5.73 Å². The molecule has 1 aromatic rings. The summed E-state index contributed by atoms with van der Waals surface area (Å²) in [5, 5.41) is 9.65. The number of fused-ring (bicyclic) bond motifs is 2. The number of phenols is 1. The average molecular weight is 247 g/mol. The minimum atomic E-state index is 0.0737. The highest BCUT2D eigenvalue weighted by Gasteiger charge is 2.40. The van der Waals surface area contributed by atoms with Crippen LogP contribution in [-0.4, -0.2) is 43.2 Å². The molecule has 1 fully saturated rings. The summed E-state index contributed by atoms with van der Waals surface area (Å²) in [6.07, 6.45) is 1.14. The van der Waals surface area contributed by atoms with Gasteiger partial charge in [-0.1, -0.05) is 6.07 Å². The van der Waals surface area contributed by atoms with E-state index >= 15 is 0 Å². The van der Waals surface area contributed by atoms with Gasteiger partial charge in [-0.15, -0.1) is 0 Å². The molecule has 2 heterocycles. The Bertz CT molecular complexity index is 462. The molecule has 2 aliphatic heterocycles. The maximum Gasteiger partial charge on any atom is 0.117 e. The molecule has 0 aromatic heterocycles. The second-order valence-corrected chi connectivity index (χ2v) is 5.66. The van der Waals surface area contributed by atoms with Crippen LogP contribution in [0, 0.1) is 5.92 Å². The van der Waals surface area contributed by atoms with Crippen molar-refractivity contribution >= 4 is 5.69 Å². The molecule has 0 bridgehead atoms. The maximum atomic E-state index is 9.65. The second-order valence-electron chi connectivity index (χ2n) is 5.66. The number of piperidine rings is 1. The van der Waals surface area contributed by atoms with Gasteiger partial charge in [0, 0.05) is 43.3 Å². The lowest BCUT2D eigenvalue weighted by Gasteiger charge is -2.49. The fourth-order valence-corrected chi connectivity index (χ4v) is 3.50. The average Bonchev–Trinajstić information content (AvgIpc) is 2.36. The molecule has 0 radical (unpaired) electrons. The van der Waals surface area contributed by atoms with E-state index in [1.165, 1.54) is 0 Å². The highest BCUT2D eigenvalue weighted by atomic mass is 16.3. The van der Waals surface area contributed by atoms with E-state index in [0.29, 0.717) is 17.7 Å². The van der Waals surface area contributed by atoms with Crippen LogP contribution in [0.4, 0.5) is 5.69 Å². The van der Waals surface area contributed by atoms with Gasteiger partial charge in [0.2, 0.25) is 0 Å². The van der Waals surface area contributed by atoms with E-state index in [-0.39, 0.29) is 6.04 Å². The lowest BCUT2D eigenvalue weighted by Crippen LogP contribution is -2.55. The van der Waals surface area contributed by atoms with Crippen molar-refractivity contribution < 1.29 is 5.11 Å². The van der Waals surface area contributed by atoms with Crippen LogP contribution in [0.1, 0.15) is 18.0 Å². The van der Waals surface area contributed by atoms with Gasteiger partial charge in [-0.2, -0.15) is 0 Å². The summed E-state index contributed by atoms with van der Waals surface area (Å²) in [5.41, 5.74) is 8.69. The van der Waals surface area contributed by atoms with Gasteiger partial charge >= 0.3 is 0 Å². The lowest BCUT2D eigenvalue weighted by molar-refractivity contribution is 0.154. The molecule has 3 atom stereocenters. The van der Waals surface area contributed by atoms with Crippen LogP contribution in [0.15, 0.2) is 18.2 Å². The van der Waals surface area contributed by atoms with Crippen LogP contribution >= 0.6 is 0 Å². The maximum absolute atomic E-state index is 9.65. The molecule has 4 heteroatoms. The highest BCUT2D eigenvalue weighted by molar-refractivity contribution is 5.61. The van der Waals surface area contributed by atoms with Crippen LogP contribution in [0.3, 0.4) is 0 Å². The first kappa shape index (κ1) is 11.8. The number of nitrogens with zero attached hydrogens (tertiary/aromatic N) is 2. The van der Waals surface area contributed by atoms with Crippen molar-refractivity contribution in [1.82, 2.24) is 4.90 Å². The smallest absolute Gasteiger partial charge is 0.117 e. The fraction of sp³-hybridized carbons (Fsp3) is 0.571. The van der Waals surface area contributed by atoms with Gasteiger partial charge in [0.1, 0.15) is 5.75 Å². The van der Waals surface area contributed by atoms with Crippen molar-refractivity contribution in [3.8, 4) is 5.75 Å². The molecule has 18 heavy (non-hydrogen) atoms. The second kappa shape index (κ2) is 4.14. The molecule has 1 saturated heterocycles. The molecule has 0 amide bonds. The number of hydrogen-bond acceptors (Lipinski definition) is 4. The summed E-state index contributed by atoms with van der Waals surface area (Å²) in [4.78, 5) is 4.66. The Hall–Kier alpha value is -1.26. The Balaban J connectivity index is 2.03. The van der Waals surface area contributed by atoms with Crippen molar-refractivity contribution in [2.75, 3.05) is 32.1 Å². The molecule has 3 N–H and O–H groups in total. The normalized spacial score (nSPS) is 31.9. The third kappa shape index (κ3) is 1.68. The minimum absolute atomic E-state index is 0.0737. The number of nitrogens with two attached hydrogens (primary N) is 1. The van der Waals surface area contributed by atoms with Gasteiger partial charge in [0.15, 0.2) is 0 Å². The molecule has 4 nitrogen and oxygen atoms in total. The van der Waals surface area contributed by atoms with Gasteiger partial charge < -0.3 is 20.6 Å². The molecule has 0 spiro atoms. The van der Waals surface area contributed by atoms with Gasteiger partial charge in [-0.3, -0.25) is 0 Å². The van der Waals surface area contributed by atoms with E-state index in [1.54, 1.807) is 6.07 Å². The van der Waals surface area contributed by atoms with Gasteiger partial charge in [0.05, 0.1) is 0 Å². The summed E-state index contributed by atoms with van der Waals surface area (Å²) in [6.45, 7) is 2.17. The Kier molecular flexibility index (Phi) is 2.72. The number of anilines is 1. The number of likely N-dealkylation sites (tertiary alicyclic amines) is 1. The Labute approximate surface area is 108 Å². The first-order chi connectivity index (χ1) is 8.58. The first-order valence-electron chi connectivity index (χ1n) is 6.58. The molecule has 0 aliphatic carbocycles. The fourth-order valence-electron chi connectivity index (χ4n) is 3.50. The SMILES string of the molecule is CN1CCC2C(C1)C(N)c1ccc(O)cc1N2C. The Morgan fingerprint density at radius 3 is 2.89 bits per heavy atom. The monoisotopic (exact) mass is 247 g/mol. The van der Waals surface area contributed by atoms with Crippen molar-refractivity contribution in [2.45, 2.75) is 18.5 Å². The van der Waals surface area contributed by atoms with Crippen molar-refractivity contribution in [1.29, 1.82) is 0 Å². The quantitative estimate of drug-likeness (QED) is 0.722. The van der Waals surface area contributed by atoms with E-state index in [2.05, 4.69) is 23.9 Å². The van der Waals surface area contributed by atoms with E-state index in [0.717, 1.165) is 30.8 Å². The van der Waals surface area contributed by atoms with Gasteiger partial charge in [-0.25, -0.2) is 0 Å². The largest absolute Gasteiger partial charge is 0.508 e. The highest BCUT2D eigenvalue weighted by Crippen LogP contribution is 2.42. The molecule has 0 saturated carbocycles. The van der Waals surface area contributed by atoms with E-state index in [1.807, 2.05) is 12.1 Å². The third-order valence-corrected chi connectivity index (χ3v) is 4.54. The van der Waals surface area contributed by atoms with Crippen molar-refractivity contribution in [2.24, 2.45) is 11.7 Å². The zero-order chi connectivity index (χ0) is 12.9. The Morgan fingerprint density at radius 2 is 2.11 bits per heavy atom. The number of phenolic OH excluding ortho intramolecular Hbond substituents is 1. The van der Waals surface area contributed by atoms with Crippen LogP contribution in [0.5, 0.6) is 5.75 Å². The van der Waals surface area contributed by atoms with Crippen molar-refractivity contribution in [3.63, 3.8) is 0 Å². The predicted octanol–water partition coefficient (Wildman–Crippen LogP) is 1.16. The number of rotatable bonds is 0. The van der Waals surface area contributed by atoms with Gasteiger partial charge in [0.25, 0.3) is 0 Å². The predicted molar refractivity (Wildman–Crippen MR) is 72.8 cm³/mol. The summed E-state index contributed by atoms with van der Waals surface area (Å²) >= 11 is 0. The van der Waals surface area contributed by atoms with E-state index in [9.17, 15) is 5.11 Å². The topological polar surface area (TPSA) is 52.7 Å². The van der Waals surface area contributed by atoms with E-state index < -0.39 is 0 Å². The molecule has 3 unspecified atom stereocenters. The van der Waals surface area contributed by atoms with Crippen LogP contribution in [0.25, 0.3) is 0 Å². The van der Waals surface area contributed by atoms with Crippen LogP contribution < -0.4 is 10.6 Å². The summed E-state index contributed by atoms with van der Waals surface area (Å²) in [7, 11) is 4.28. The Morgan fingerprint density at radius 1 is 1.33 bits per heavy atom. The number of aromatic hydroxyl groups is 1. The summed E-state index contributed by atoms with van der Waals surface area (Å²) < 4.78 is 0. The minimum Gasteiger partial charge on any atom is -0.508 e. The molecular weight excluding hydrogens is 226 g/mol. The van der Waals surface area contributed by atoms with Crippen molar-refractivity contribution in [3.05, 3.63) is 23.8 Å². The zero-order valence-electron chi connectivity index (χ0n) is 11.0. The molecule has 3 rings (SSSR count). The standard InChI is InChI=1S/C14H21N3O/c1-16-6-5-12-11(8-16)14(15)10-4-3-9(18)7-13(10)17(12)2/h3-4,7,11-12,14,18H,5-6,8,15H2,1-2H3. The molecular formula is C14H21N3O. The molecule has 98 valence electrons. The summed E-state index contributed by atoms with van der Waals surface area (Å²) in [5.74, 6) is 0.796. The van der Waals surface area contributed by atoms with Crippen LogP contribution in [-0.2, 0) is 0 Å². The molecule has 2 aliphatic rings. The van der Waals surface area contributed by atoms with Crippen LogP contribution in [0.2, 0.25) is 0 Å². The lowest BCUT2D eigenvalue weighted by atomic mass is 9.78. The third-order valence-electron chi connectivity index (χ3n) is 4.54. The summed E-state index contributed by atoms with van der Waals surface area (Å²) in [6, 6.07) is 6.11. The number of hydrogen-bond donors (Lipinski definition) is 2. The zero-order valence-corrected chi connectivity index (χ0v) is 11.0.